The van der Waals surface area contributed by atoms with Crippen LogP contribution in [-0.4, -0.2) is 44.2 Å². The van der Waals surface area contributed by atoms with E-state index in [4.69, 9.17) is 0 Å². The summed E-state index contributed by atoms with van der Waals surface area (Å²) in [6, 6.07) is 7.61. The molecule has 1 aliphatic rings. The van der Waals surface area contributed by atoms with Gasteiger partial charge in [0.15, 0.2) is 0 Å². The van der Waals surface area contributed by atoms with Crippen LogP contribution >= 0.6 is 0 Å². The lowest BCUT2D eigenvalue weighted by molar-refractivity contribution is 0.213. The van der Waals surface area contributed by atoms with Gasteiger partial charge in [0.05, 0.1) is 0 Å². The van der Waals surface area contributed by atoms with E-state index in [9.17, 15) is 0 Å². The van der Waals surface area contributed by atoms with E-state index >= 15 is 0 Å². The fourth-order valence-corrected chi connectivity index (χ4v) is 2.96. The Balaban J connectivity index is 2.07. The highest BCUT2D eigenvalue weighted by Gasteiger charge is 2.23. The highest BCUT2D eigenvalue weighted by molar-refractivity contribution is 5.51. The Morgan fingerprint density at radius 3 is 2.70 bits per heavy atom. The third kappa shape index (κ3) is 3.53. The fraction of sp³-hybridized carbons (Fsp3) is 0.647. The van der Waals surface area contributed by atoms with Crippen molar-refractivity contribution in [1.29, 1.82) is 0 Å². The van der Waals surface area contributed by atoms with Gasteiger partial charge in [-0.2, -0.15) is 0 Å². The summed E-state index contributed by atoms with van der Waals surface area (Å²) in [6.45, 7) is 12.1. The van der Waals surface area contributed by atoms with E-state index in [1.54, 1.807) is 0 Å². The van der Waals surface area contributed by atoms with Gasteiger partial charge < -0.3 is 10.2 Å². The van der Waals surface area contributed by atoms with E-state index in [0.717, 1.165) is 32.7 Å². The van der Waals surface area contributed by atoms with Gasteiger partial charge in [0, 0.05) is 37.9 Å². The topological polar surface area (TPSA) is 18.5 Å². The molecule has 112 valence electrons. The first-order chi connectivity index (χ1) is 9.65. The molecule has 0 amide bonds. The number of benzene rings is 1. The van der Waals surface area contributed by atoms with Crippen LogP contribution in [0.5, 0.6) is 0 Å². The second kappa shape index (κ2) is 7.09. The Morgan fingerprint density at radius 1 is 1.25 bits per heavy atom. The van der Waals surface area contributed by atoms with E-state index in [1.165, 1.54) is 23.2 Å². The summed E-state index contributed by atoms with van der Waals surface area (Å²) in [5.41, 5.74) is 4.20. The Morgan fingerprint density at radius 2 is 2.05 bits per heavy atom. The molecule has 0 bridgehead atoms. The maximum atomic E-state index is 3.41. The number of anilines is 1. The van der Waals surface area contributed by atoms with Crippen molar-refractivity contribution in [2.75, 3.05) is 38.1 Å². The number of nitrogens with zero attached hydrogens (tertiary/aromatic N) is 2. The monoisotopic (exact) mass is 275 g/mol. The highest BCUT2D eigenvalue weighted by Crippen LogP contribution is 2.22. The molecule has 2 rings (SSSR count). The van der Waals surface area contributed by atoms with Crippen molar-refractivity contribution in [2.45, 2.75) is 39.8 Å². The minimum Gasteiger partial charge on any atom is -0.369 e. The lowest BCUT2D eigenvalue weighted by Crippen LogP contribution is -2.51. The van der Waals surface area contributed by atoms with Gasteiger partial charge in [-0.3, -0.25) is 4.90 Å². The molecule has 1 N–H and O–H groups in total. The summed E-state index contributed by atoms with van der Waals surface area (Å²) in [4.78, 5) is 5.03. The summed E-state index contributed by atoms with van der Waals surface area (Å²) in [6.07, 6.45) is 1.23. The summed E-state index contributed by atoms with van der Waals surface area (Å²) in [5.74, 6) is 0. The van der Waals surface area contributed by atoms with E-state index in [0.29, 0.717) is 6.04 Å². The van der Waals surface area contributed by atoms with E-state index in [-0.39, 0.29) is 0 Å². The lowest BCUT2D eigenvalue weighted by atomic mass is 10.1. The predicted octanol–water partition coefficient (Wildman–Crippen LogP) is 2.63. The number of aryl methyl sites for hydroxylation is 1. The smallest absolute Gasteiger partial charge is 0.0370 e. The molecular weight excluding hydrogens is 246 g/mol. The summed E-state index contributed by atoms with van der Waals surface area (Å²) < 4.78 is 0. The Bertz CT molecular complexity index is 430. The second-order valence-electron chi connectivity index (χ2n) is 5.88. The van der Waals surface area contributed by atoms with Gasteiger partial charge in [-0.15, -0.1) is 0 Å². The number of rotatable bonds is 5. The normalized spacial score (nSPS) is 20.4. The average molecular weight is 275 g/mol. The van der Waals surface area contributed by atoms with Crippen LogP contribution in [0.2, 0.25) is 0 Å². The first-order valence-corrected chi connectivity index (χ1v) is 7.91. The summed E-state index contributed by atoms with van der Waals surface area (Å²) in [5, 5.41) is 3.41. The van der Waals surface area contributed by atoms with Crippen molar-refractivity contribution in [3.05, 3.63) is 29.3 Å². The van der Waals surface area contributed by atoms with Crippen molar-refractivity contribution < 1.29 is 0 Å². The van der Waals surface area contributed by atoms with Gasteiger partial charge >= 0.3 is 0 Å². The Labute approximate surface area is 124 Å². The van der Waals surface area contributed by atoms with Gasteiger partial charge in [0.2, 0.25) is 0 Å². The molecular formula is C17H29N3. The van der Waals surface area contributed by atoms with Crippen molar-refractivity contribution in [3.63, 3.8) is 0 Å². The van der Waals surface area contributed by atoms with Crippen LogP contribution in [0, 0.1) is 6.92 Å². The van der Waals surface area contributed by atoms with Crippen molar-refractivity contribution >= 4 is 5.69 Å². The van der Waals surface area contributed by atoms with Crippen molar-refractivity contribution in [3.8, 4) is 0 Å². The average Bonchev–Trinajstić information content (AvgIpc) is 2.46. The number of hydrogen-bond acceptors (Lipinski definition) is 3. The Kier molecular flexibility index (Phi) is 5.44. The second-order valence-corrected chi connectivity index (χ2v) is 5.88. The van der Waals surface area contributed by atoms with Gasteiger partial charge in [0.25, 0.3) is 0 Å². The third-order valence-corrected chi connectivity index (χ3v) is 4.51. The molecule has 1 atom stereocenters. The maximum Gasteiger partial charge on any atom is 0.0370 e. The SMILES string of the molecule is CCNCc1ccc(N2CCN(C)C(CC)C2)cc1C. The summed E-state index contributed by atoms with van der Waals surface area (Å²) in [7, 11) is 2.25. The molecule has 1 heterocycles. The molecule has 3 heteroatoms. The predicted molar refractivity (Wildman–Crippen MR) is 87.5 cm³/mol. The van der Waals surface area contributed by atoms with Gasteiger partial charge in [-0.1, -0.05) is 19.9 Å². The number of piperazine rings is 1. The quantitative estimate of drug-likeness (QED) is 0.891. The van der Waals surface area contributed by atoms with Gasteiger partial charge in [-0.05, 0) is 50.2 Å². The largest absolute Gasteiger partial charge is 0.369 e. The van der Waals surface area contributed by atoms with Crippen LogP contribution in [0.3, 0.4) is 0 Å². The first kappa shape index (κ1) is 15.3. The molecule has 3 nitrogen and oxygen atoms in total. The zero-order valence-electron chi connectivity index (χ0n) is 13.4. The van der Waals surface area contributed by atoms with Crippen LogP contribution in [0.4, 0.5) is 5.69 Å². The lowest BCUT2D eigenvalue weighted by Gasteiger charge is -2.40. The molecule has 0 saturated carbocycles. The van der Waals surface area contributed by atoms with Crippen molar-refractivity contribution in [2.24, 2.45) is 0 Å². The first-order valence-electron chi connectivity index (χ1n) is 7.91. The molecule has 1 fully saturated rings. The fourth-order valence-electron chi connectivity index (χ4n) is 2.96. The molecule has 1 saturated heterocycles. The number of likely N-dealkylation sites (N-methyl/N-ethyl adjacent to an activating group) is 1. The van der Waals surface area contributed by atoms with Gasteiger partial charge in [-0.25, -0.2) is 0 Å². The zero-order chi connectivity index (χ0) is 14.5. The van der Waals surface area contributed by atoms with Gasteiger partial charge in [0.1, 0.15) is 0 Å². The van der Waals surface area contributed by atoms with Crippen LogP contribution in [0.15, 0.2) is 18.2 Å². The maximum absolute atomic E-state index is 3.41. The molecule has 0 aromatic heterocycles. The standard InChI is InChI=1S/C17H29N3/c1-5-16-13-20(10-9-19(16)4)17-8-7-15(12-18-6-2)14(3)11-17/h7-8,11,16,18H,5-6,9-10,12-13H2,1-4H3. The highest BCUT2D eigenvalue weighted by atomic mass is 15.3. The number of hydrogen-bond donors (Lipinski definition) is 1. The van der Waals surface area contributed by atoms with Crippen LogP contribution in [0.25, 0.3) is 0 Å². The molecule has 0 radical (unpaired) electrons. The van der Waals surface area contributed by atoms with Crippen LogP contribution < -0.4 is 10.2 Å². The zero-order valence-corrected chi connectivity index (χ0v) is 13.4. The number of nitrogens with one attached hydrogen (secondary N) is 1. The van der Waals surface area contributed by atoms with E-state index in [1.807, 2.05) is 0 Å². The minimum atomic E-state index is 0.686. The van der Waals surface area contributed by atoms with Crippen LogP contribution in [0.1, 0.15) is 31.4 Å². The molecule has 1 unspecified atom stereocenters. The van der Waals surface area contributed by atoms with Crippen LogP contribution in [-0.2, 0) is 6.54 Å². The molecule has 0 aliphatic carbocycles. The Hall–Kier alpha value is -1.06. The van der Waals surface area contributed by atoms with Crippen molar-refractivity contribution in [1.82, 2.24) is 10.2 Å². The third-order valence-electron chi connectivity index (χ3n) is 4.51. The summed E-state index contributed by atoms with van der Waals surface area (Å²) >= 11 is 0. The van der Waals surface area contributed by atoms with E-state index < -0.39 is 0 Å². The molecule has 0 spiro atoms. The molecule has 1 aromatic carbocycles. The molecule has 1 aromatic rings. The molecule has 20 heavy (non-hydrogen) atoms. The van der Waals surface area contributed by atoms with E-state index in [2.05, 4.69) is 61.1 Å². The molecule has 1 aliphatic heterocycles. The minimum absolute atomic E-state index is 0.686.